The number of aromatic nitrogens is 1. The molecule has 0 atom stereocenters. The molecular formula is C8H7FN2O3. The molecule has 1 heterocycles. The first-order chi connectivity index (χ1) is 6.56. The van der Waals surface area contributed by atoms with Crippen molar-refractivity contribution in [3.63, 3.8) is 0 Å². The lowest BCUT2D eigenvalue weighted by Crippen LogP contribution is -2.09. The smallest absolute Gasteiger partial charge is 0.289 e. The van der Waals surface area contributed by atoms with Gasteiger partial charge in [0.1, 0.15) is 0 Å². The minimum atomic E-state index is -1.28. The molecule has 1 aromatic heterocycles. The molecule has 0 aliphatic heterocycles. The van der Waals surface area contributed by atoms with E-state index in [9.17, 15) is 19.3 Å². The van der Waals surface area contributed by atoms with Gasteiger partial charge in [0.05, 0.1) is 4.92 Å². The minimum absolute atomic E-state index is 0.419. The topological polar surface area (TPSA) is 73.1 Å². The van der Waals surface area contributed by atoms with E-state index in [0.29, 0.717) is 5.69 Å². The maximum absolute atomic E-state index is 12.0. The largest absolute Gasteiger partial charge is 0.298 e. The summed E-state index contributed by atoms with van der Waals surface area (Å²) < 4.78 is 12.0. The van der Waals surface area contributed by atoms with Crippen LogP contribution in [0, 0.1) is 17.0 Å². The predicted molar refractivity (Wildman–Crippen MR) is 45.9 cm³/mol. The Morgan fingerprint density at radius 2 is 2.29 bits per heavy atom. The van der Waals surface area contributed by atoms with Gasteiger partial charge >= 0.3 is 0 Å². The van der Waals surface area contributed by atoms with E-state index in [4.69, 9.17) is 0 Å². The summed E-state index contributed by atoms with van der Waals surface area (Å²) in [4.78, 5) is 24.3. The monoisotopic (exact) mass is 198 g/mol. The van der Waals surface area contributed by atoms with Crippen LogP contribution in [0.1, 0.15) is 16.2 Å². The van der Waals surface area contributed by atoms with Gasteiger partial charge in [-0.1, -0.05) is 0 Å². The van der Waals surface area contributed by atoms with E-state index in [1.54, 1.807) is 6.92 Å². The van der Waals surface area contributed by atoms with Crippen molar-refractivity contribution in [3.05, 3.63) is 33.6 Å². The van der Waals surface area contributed by atoms with Crippen LogP contribution in [-0.4, -0.2) is 22.4 Å². The molecule has 0 fully saturated rings. The SMILES string of the molecule is Cc1ccc([N+](=O)[O-])c(C(=O)CF)n1. The van der Waals surface area contributed by atoms with Crippen LogP contribution in [-0.2, 0) is 0 Å². The van der Waals surface area contributed by atoms with Gasteiger partial charge in [0.15, 0.2) is 12.4 Å². The van der Waals surface area contributed by atoms with E-state index in [1.165, 1.54) is 6.07 Å². The number of Topliss-reactive ketones (excluding diaryl/α,β-unsaturated/α-hetero) is 1. The lowest BCUT2D eigenvalue weighted by Gasteiger charge is -1.99. The summed E-state index contributed by atoms with van der Waals surface area (Å²) in [6.45, 7) is 0.288. The van der Waals surface area contributed by atoms with Gasteiger partial charge in [-0.2, -0.15) is 0 Å². The Labute approximate surface area is 78.7 Å². The first-order valence-corrected chi connectivity index (χ1v) is 3.77. The first-order valence-electron chi connectivity index (χ1n) is 3.77. The van der Waals surface area contributed by atoms with Gasteiger partial charge in [-0.3, -0.25) is 14.9 Å². The molecule has 0 amide bonds. The lowest BCUT2D eigenvalue weighted by molar-refractivity contribution is -0.385. The third-order valence-corrected chi connectivity index (χ3v) is 1.60. The maximum atomic E-state index is 12.0. The molecule has 0 unspecified atom stereocenters. The Balaban J connectivity index is 3.29. The third kappa shape index (κ3) is 1.90. The number of alkyl halides is 1. The van der Waals surface area contributed by atoms with Crippen LogP contribution in [0.2, 0.25) is 0 Å². The molecule has 6 heteroatoms. The van der Waals surface area contributed by atoms with Crippen molar-refractivity contribution in [1.82, 2.24) is 4.98 Å². The van der Waals surface area contributed by atoms with Crippen LogP contribution in [0.5, 0.6) is 0 Å². The Bertz CT molecular complexity index is 392. The fourth-order valence-corrected chi connectivity index (χ4v) is 0.965. The highest BCUT2D eigenvalue weighted by Crippen LogP contribution is 2.17. The van der Waals surface area contributed by atoms with Crippen molar-refractivity contribution in [3.8, 4) is 0 Å². The van der Waals surface area contributed by atoms with Crippen LogP contribution < -0.4 is 0 Å². The molecule has 74 valence electrons. The number of carbonyl (C=O) groups is 1. The number of hydrogen-bond acceptors (Lipinski definition) is 4. The quantitative estimate of drug-likeness (QED) is 0.418. The molecule has 5 nitrogen and oxygen atoms in total. The molecule has 0 N–H and O–H groups in total. The van der Waals surface area contributed by atoms with Crippen molar-refractivity contribution >= 4 is 11.5 Å². The van der Waals surface area contributed by atoms with Crippen molar-refractivity contribution < 1.29 is 14.1 Å². The van der Waals surface area contributed by atoms with Crippen molar-refractivity contribution in [1.29, 1.82) is 0 Å². The molecule has 0 saturated heterocycles. The second kappa shape index (κ2) is 3.91. The number of nitrogens with zero attached hydrogens (tertiary/aromatic N) is 2. The van der Waals surface area contributed by atoms with E-state index in [-0.39, 0.29) is 0 Å². The number of aryl methyl sites for hydroxylation is 1. The van der Waals surface area contributed by atoms with Gasteiger partial charge in [0.2, 0.25) is 5.78 Å². The highest BCUT2D eigenvalue weighted by molar-refractivity contribution is 5.98. The molecule has 1 rings (SSSR count). The summed E-state index contributed by atoms with van der Waals surface area (Å²) in [6.07, 6.45) is 0. The highest BCUT2D eigenvalue weighted by atomic mass is 19.1. The number of carbonyl (C=O) groups excluding carboxylic acids is 1. The Morgan fingerprint density at radius 1 is 1.64 bits per heavy atom. The van der Waals surface area contributed by atoms with Gasteiger partial charge < -0.3 is 0 Å². The molecule has 0 aliphatic carbocycles. The summed E-state index contributed by atoms with van der Waals surface area (Å²) in [5.41, 5.74) is -0.442. The van der Waals surface area contributed by atoms with E-state index >= 15 is 0 Å². The molecule has 0 spiro atoms. The molecular weight excluding hydrogens is 191 g/mol. The van der Waals surface area contributed by atoms with E-state index in [1.807, 2.05) is 0 Å². The number of pyridine rings is 1. The molecule has 0 bridgehead atoms. The zero-order chi connectivity index (χ0) is 10.7. The summed E-state index contributed by atoms with van der Waals surface area (Å²) in [6, 6.07) is 2.54. The average molecular weight is 198 g/mol. The number of rotatable bonds is 3. The Kier molecular flexibility index (Phi) is 2.85. The number of halogens is 1. The second-order valence-corrected chi connectivity index (χ2v) is 2.63. The standard InChI is InChI=1S/C8H7FN2O3/c1-5-2-3-6(11(13)14)8(10-5)7(12)4-9/h2-3H,4H2,1H3. The van der Waals surface area contributed by atoms with Gasteiger partial charge in [-0.05, 0) is 13.0 Å². The first kappa shape index (κ1) is 10.2. The maximum Gasteiger partial charge on any atom is 0.298 e. The van der Waals surface area contributed by atoms with Crippen LogP contribution in [0.15, 0.2) is 12.1 Å². The highest BCUT2D eigenvalue weighted by Gasteiger charge is 2.21. The summed E-state index contributed by atoms with van der Waals surface area (Å²) in [7, 11) is 0. The number of hydrogen-bond donors (Lipinski definition) is 0. The molecule has 0 aliphatic rings. The molecule has 14 heavy (non-hydrogen) atoms. The average Bonchev–Trinajstić information content (AvgIpc) is 2.16. The predicted octanol–water partition coefficient (Wildman–Crippen LogP) is 1.45. The van der Waals surface area contributed by atoms with E-state index < -0.39 is 28.8 Å². The summed E-state index contributed by atoms with van der Waals surface area (Å²) >= 11 is 0. The van der Waals surface area contributed by atoms with Crippen molar-refractivity contribution in [2.75, 3.05) is 6.67 Å². The lowest BCUT2D eigenvalue weighted by atomic mass is 10.2. The Morgan fingerprint density at radius 3 is 2.79 bits per heavy atom. The van der Waals surface area contributed by atoms with Gasteiger partial charge in [-0.15, -0.1) is 0 Å². The van der Waals surface area contributed by atoms with Gasteiger partial charge in [0, 0.05) is 11.8 Å². The third-order valence-electron chi connectivity index (χ3n) is 1.60. The van der Waals surface area contributed by atoms with E-state index in [0.717, 1.165) is 6.07 Å². The van der Waals surface area contributed by atoms with Gasteiger partial charge in [-0.25, -0.2) is 9.37 Å². The van der Waals surface area contributed by atoms with Crippen molar-refractivity contribution in [2.24, 2.45) is 0 Å². The van der Waals surface area contributed by atoms with Crippen LogP contribution in [0.4, 0.5) is 10.1 Å². The minimum Gasteiger partial charge on any atom is -0.289 e. The van der Waals surface area contributed by atoms with Crippen LogP contribution in [0.25, 0.3) is 0 Å². The van der Waals surface area contributed by atoms with Gasteiger partial charge in [0.25, 0.3) is 5.69 Å². The Hall–Kier alpha value is -1.85. The second-order valence-electron chi connectivity index (χ2n) is 2.63. The van der Waals surface area contributed by atoms with E-state index in [2.05, 4.69) is 4.98 Å². The molecule has 1 aromatic rings. The summed E-state index contributed by atoms with van der Waals surface area (Å²) in [5, 5.41) is 10.4. The molecule has 0 saturated carbocycles. The van der Waals surface area contributed by atoms with Crippen LogP contribution in [0.3, 0.4) is 0 Å². The molecule has 0 aromatic carbocycles. The normalized spacial score (nSPS) is 9.86. The van der Waals surface area contributed by atoms with Crippen LogP contribution >= 0.6 is 0 Å². The fraction of sp³-hybridized carbons (Fsp3) is 0.250. The molecule has 0 radical (unpaired) electrons. The zero-order valence-electron chi connectivity index (χ0n) is 7.36. The number of ketones is 1. The van der Waals surface area contributed by atoms with Crippen molar-refractivity contribution in [2.45, 2.75) is 6.92 Å². The number of nitro groups is 1. The fourth-order valence-electron chi connectivity index (χ4n) is 0.965. The zero-order valence-corrected chi connectivity index (χ0v) is 7.36. The summed E-state index contributed by atoms with van der Waals surface area (Å²) in [5.74, 6) is -0.972.